The van der Waals surface area contributed by atoms with Gasteiger partial charge in [0, 0.05) is 6.61 Å². The molecule has 2 heteroatoms. The molecular weight excluding hydrogens is 200 g/mol. The molecule has 1 saturated heterocycles. The Bertz CT molecular complexity index is 257. The number of hydrogen-bond donors (Lipinski definition) is 1. The molecule has 0 aromatic heterocycles. The molecule has 0 spiro atoms. The van der Waals surface area contributed by atoms with Gasteiger partial charge in [0.1, 0.15) is 0 Å². The highest BCUT2D eigenvalue weighted by atomic mass is 16.5. The molecule has 3 aliphatic rings. The molecule has 92 valence electrons. The van der Waals surface area contributed by atoms with Gasteiger partial charge < -0.3 is 9.84 Å². The molecule has 5 unspecified atom stereocenters. The van der Waals surface area contributed by atoms with E-state index < -0.39 is 0 Å². The molecule has 3 fully saturated rings. The fourth-order valence-corrected chi connectivity index (χ4v) is 4.26. The van der Waals surface area contributed by atoms with Crippen molar-refractivity contribution in [3.8, 4) is 0 Å². The third kappa shape index (κ3) is 1.80. The second-order valence-electron chi connectivity index (χ2n) is 6.45. The average Bonchev–Trinajstić information content (AvgIpc) is 2.93. The Morgan fingerprint density at radius 1 is 1.38 bits per heavy atom. The summed E-state index contributed by atoms with van der Waals surface area (Å²) in [6, 6.07) is 0. The lowest BCUT2D eigenvalue weighted by Gasteiger charge is -2.33. The van der Waals surface area contributed by atoms with Gasteiger partial charge in [-0.25, -0.2) is 0 Å². The highest BCUT2D eigenvalue weighted by Crippen LogP contribution is 2.50. The van der Waals surface area contributed by atoms with Crippen molar-refractivity contribution in [3.05, 3.63) is 0 Å². The number of aliphatic hydroxyl groups excluding tert-OH is 1. The quantitative estimate of drug-likeness (QED) is 0.798. The van der Waals surface area contributed by atoms with E-state index in [1.54, 1.807) is 0 Å². The van der Waals surface area contributed by atoms with Gasteiger partial charge in [0.15, 0.2) is 0 Å². The lowest BCUT2D eigenvalue weighted by molar-refractivity contribution is -0.0880. The summed E-state index contributed by atoms with van der Waals surface area (Å²) in [4.78, 5) is 0. The molecule has 0 aromatic rings. The maximum atomic E-state index is 10.4. The smallest absolute Gasteiger partial charge is 0.0913 e. The van der Waals surface area contributed by atoms with Crippen molar-refractivity contribution in [1.29, 1.82) is 0 Å². The number of ether oxygens (including phenoxy) is 1. The third-order valence-corrected chi connectivity index (χ3v) is 5.36. The van der Waals surface area contributed by atoms with Gasteiger partial charge in [0.05, 0.1) is 11.7 Å². The first-order valence-electron chi connectivity index (χ1n) is 6.99. The summed E-state index contributed by atoms with van der Waals surface area (Å²) in [5.74, 6) is 2.69. The van der Waals surface area contributed by atoms with Gasteiger partial charge in [-0.3, -0.25) is 0 Å². The molecule has 5 atom stereocenters. The van der Waals surface area contributed by atoms with Crippen LogP contribution in [0.5, 0.6) is 0 Å². The first kappa shape index (κ1) is 11.0. The van der Waals surface area contributed by atoms with E-state index in [1.165, 1.54) is 25.7 Å². The Kier molecular flexibility index (Phi) is 2.75. The van der Waals surface area contributed by atoms with Crippen LogP contribution in [0.15, 0.2) is 0 Å². The summed E-state index contributed by atoms with van der Waals surface area (Å²) < 4.78 is 5.74. The van der Waals surface area contributed by atoms with Gasteiger partial charge in [0.25, 0.3) is 0 Å². The van der Waals surface area contributed by atoms with Gasteiger partial charge in [-0.15, -0.1) is 0 Å². The lowest BCUT2D eigenvalue weighted by Crippen LogP contribution is -2.40. The van der Waals surface area contributed by atoms with Crippen LogP contribution in [0.2, 0.25) is 0 Å². The van der Waals surface area contributed by atoms with E-state index in [-0.39, 0.29) is 11.7 Å². The van der Waals surface area contributed by atoms with Crippen LogP contribution < -0.4 is 0 Å². The second kappa shape index (κ2) is 3.99. The monoisotopic (exact) mass is 224 g/mol. The second-order valence-corrected chi connectivity index (χ2v) is 6.45. The maximum absolute atomic E-state index is 10.4. The van der Waals surface area contributed by atoms with Crippen LogP contribution in [0, 0.1) is 17.8 Å². The normalized spacial score (nSPS) is 48.8. The van der Waals surface area contributed by atoms with Crippen LogP contribution in [0.4, 0.5) is 0 Å². The molecule has 2 aliphatic carbocycles. The molecule has 0 amide bonds. The third-order valence-electron chi connectivity index (χ3n) is 5.36. The molecule has 0 radical (unpaired) electrons. The summed E-state index contributed by atoms with van der Waals surface area (Å²) in [5.41, 5.74) is -0.234. The van der Waals surface area contributed by atoms with Gasteiger partial charge in [0.2, 0.25) is 0 Å². The van der Waals surface area contributed by atoms with Crippen molar-refractivity contribution in [2.75, 3.05) is 6.61 Å². The lowest BCUT2D eigenvalue weighted by atomic mass is 9.81. The summed E-state index contributed by atoms with van der Waals surface area (Å²) >= 11 is 0. The number of hydrogen-bond acceptors (Lipinski definition) is 2. The van der Waals surface area contributed by atoms with E-state index in [9.17, 15) is 5.11 Å². The zero-order valence-corrected chi connectivity index (χ0v) is 10.3. The van der Waals surface area contributed by atoms with Gasteiger partial charge >= 0.3 is 0 Å². The highest BCUT2D eigenvalue weighted by molar-refractivity contribution is 4.95. The molecule has 16 heavy (non-hydrogen) atoms. The first-order chi connectivity index (χ1) is 7.67. The predicted octanol–water partition coefficient (Wildman–Crippen LogP) is 2.74. The maximum Gasteiger partial charge on any atom is 0.0913 e. The van der Waals surface area contributed by atoms with Crippen LogP contribution in [0.3, 0.4) is 0 Å². The summed E-state index contributed by atoms with van der Waals surface area (Å²) in [6.07, 6.45) is 8.58. The fourth-order valence-electron chi connectivity index (χ4n) is 4.26. The van der Waals surface area contributed by atoms with E-state index in [1.807, 2.05) is 0 Å². The Morgan fingerprint density at radius 2 is 2.25 bits per heavy atom. The van der Waals surface area contributed by atoms with Gasteiger partial charge in [-0.1, -0.05) is 6.42 Å². The van der Waals surface area contributed by atoms with Crippen molar-refractivity contribution in [2.45, 2.75) is 63.6 Å². The summed E-state index contributed by atoms with van der Waals surface area (Å²) in [7, 11) is 0. The fraction of sp³-hybridized carbons (Fsp3) is 1.00. The van der Waals surface area contributed by atoms with E-state index in [0.717, 1.165) is 43.6 Å². The Hall–Kier alpha value is -0.0800. The summed E-state index contributed by atoms with van der Waals surface area (Å²) in [6.45, 7) is 2.93. The molecule has 0 aromatic carbocycles. The van der Waals surface area contributed by atoms with Gasteiger partial charge in [-0.2, -0.15) is 0 Å². The Morgan fingerprint density at radius 3 is 2.81 bits per heavy atom. The molecule has 2 saturated carbocycles. The summed E-state index contributed by atoms with van der Waals surface area (Å²) in [5, 5.41) is 10.4. The molecule has 1 aliphatic heterocycles. The zero-order valence-electron chi connectivity index (χ0n) is 10.3. The minimum Gasteiger partial charge on any atom is -0.390 e. The SMILES string of the molecule is CC1(C(O)CC2CC3CCC2C3)CCCO1. The minimum atomic E-state index is -0.237. The van der Waals surface area contributed by atoms with Crippen molar-refractivity contribution in [3.63, 3.8) is 0 Å². The number of aliphatic hydroxyl groups is 1. The average molecular weight is 224 g/mol. The van der Waals surface area contributed by atoms with Crippen molar-refractivity contribution < 1.29 is 9.84 Å². The highest BCUT2D eigenvalue weighted by Gasteiger charge is 2.44. The molecular formula is C14H24O2. The van der Waals surface area contributed by atoms with Crippen molar-refractivity contribution in [1.82, 2.24) is 0 Å². The Labute approximate surface area is 98.4 Å². The largest absolute Gasteiger partial charge is 0.390 e. The number of fused-ring (bicyclic) bond motifs is 2. The molecule has 1 N–H and O–H groups in total. The molecule has 2 nitrogen and oxygen atoms in total. The van der Waals surface area contributed by atoms with Crippen LogP contribution in [-0.2, 0) is 4.74 Å². The van der Waals surface area contributed by atoms with E-state index in [0.29, 0.717) is 0 Å². The van der Waals surface area contributed by atoms with Crippen LogP contribution in [-0.4, -0.2) is 23.4 Å². The van der Waals surface area contributed by atoms with Crippen molar-refractivity contribution >= 4 is 0 Å². The molecule has 3 rings (SSSR count). The van der Waals surface area contributed by atoms with Crippen LogP contribution >= 0.6 is 0 Å². The van der Waals surface area contributed by atoms with Crippen LogP contribution in [0.1, 0.15) is 51.9 Å². The van der Waals surface area contributed by atoms with Gasteiger partial charge in [-0.05, 0) is 63.2 Å². The zero-order chi connectivity index (χ0) is 11.2. The van der Waals surface area contributed by atoms with Crippen LogP contribution in [0.25, 0.3) is 0 Å². The minimum absolute atomic E-state index is 0.234. The van der Waals surface area contributed by atoms with Crippen molar-refractivity contribution in [2.24, 2.45) is 17.8 Å². The molecule has 1 heterocycles. The first-order valence-corrected chi connectivity index (χ1v) is 6.99. The standard InChI is InChI=1S/C14H24O2/c1-14(5-2-6-16-14)13(15)9-12-8-10-3-4-11(12)7-10/h10-13,15H,2-9H2,1H3. The number of rotatable bonds is 3. The topological polar surface area (TPSA) is 29.5 Å². The van der Waals surface area contributed by atoms with E-state index in [4.69, 9.17) is 4.74 Å². The predicted molar refractivity (Wildman–Crippen MR) is 63.2 cm³/mol. The van der Waals surface area contributed by atoms with E-state index >= 15 is 0 Å². The Balaban J connectivity index is 1.58. The molecule has 2 bridgehead atoms. The van der Waals surface area contributed by atoms with E-state index in [2.05, 4.69) is 6.92 Å².